The number of thiophene rings is 1. The van der Waals surface area contributed by atoms with E-state index in [1.807, 2.05) is 5.38 Å². The Hall–Kier alpha value is -1.66. The first kappa shape index (κ1) is 13.8. The Bertz CT molecular complexity index is 693. The van der Waals surface area contributed by atoms with Gasteiger partial charge in [-0.05, 0) is 6.07 Å². The van der Waals surface area contributed by atoms with Gasteiger partial charge in [0.2, 0.25) is 10.0 Å². The standard InChI is InChI=1S/C11H11N3O3S2/c15-3-1-2-9-4-10(18-8-9)5-14-19(16,17)11-6-12-13-7-11/h4,6-8,14-15H,3,5H2,(H,12,13). The van der Waals surface area contributed by atoms with Crippen molar-refractivity contribution in [1.29, 1.82) is 0 Å². The number of aromatic nitrogens is 2. The highest BCUT2D eigenvalue weighted by molar-refractivity contribution is 7.89. The van der Waals surface area contributed by atoms with Gasteiger partial charge in [-0.3, -0.25) is 5.10 Å². The number of hydrogen-bond donors (Lipinski definition) is 3. The Labute approximate surface area is 114 Å². The molecule has 0 radical (unpaired) electrons. The Morgan fingerprint density at radius 3 is 3.05 bits per heavy atom. The van der Waals surface area contributed by atoms with Crippen molar-refractivity contribution in [2.24, 2.45) is 0 Å². The highest BCUT2D eigenvalue weighted by atomic mass is 32.2. The molecule has 0 aliphatic rings. The lowest BCUT2D eigenvalue weighted by Gasteiger charge is -2.01. The molecule has 0 amide bonds. The van der Waals surface area contributed by atoms with Crippen molar-refractivity contribution >= 4 is 21.4 Å². The van der Waals surface area contributed by atoms with Crippen molar-refractivity contribution in [3.63, 3.8) is 0 Å². The van der Waals surface area contributed by atoms with Crippen LogP contribution in [-0.4, -0.2) is 30.3 Å². The Morgan fingerprint density at radius 2 is 2.37 bits per heavy atom. The number of H-pyrrole nitrogens is 1. The number of hydrogen-bond acceptors (Lipinski definition) is 5. The molecular weight excluding hydrogens is 286 g/mol. The summed E-state index contributed by atoms with van der Waals surface area (Å²) in [4.78, 5) is 0.943. The van der Waals surface area contributed by atoms with Gasteiger partial charge in [0.15, 0.2) is 0 Å². The lowest BCUT2D eigenvalue weighted by molar-refractivity contribution is 0.350. The van der Waals surface area contributed by atoms with Crippen molar-refractivity contribution in [2.75, 3.05) is 6.61 Å². The summed E-state index contributed by atoms with van der Waals surface area (Å²) in [5.74, 6) is 5.29. The van der Waals surface area contributed by atoms with Crippen LogP contribution in [0.5, 0.6) is 0 Å². The summed E-state index contributed by atoms with van der Waals surface area (Å²) in [6.45, 7) is -0.00269. The summed E-state index contributed by atoms with van der Waals surface area (Å²) in [5.41, 5.74) is 0.761. The summed E-state index contributed by atoms with van der Waals surface area (Å²) in [6.07, 6.45) is 2.56. The second-order valence-electron chi connectivity index (χ2n) is 3.52. The molecule has 0 unspecified atom stereocenters. The summed E-state index contributed by atoms with van der Waals surface area (Å²) >= 11 is 1.40. The number of nitrogens with one attached hydrogen (secondary N) is 2. The lowest BCUT2D eigenvalue weighted by atomic mass is 10.3. The van der Waals surface area contributed by atoms with Crippen LogP contribution in [0.2, 0.25) is 0 Å². The van der Waals surface area contributed by atoms with Crippen molar-refractivity contribution in [2.45, 2.75) is 11.4 Å². The van der Waals surface area contributed by atoms with Crippen LogP contribution >= 0.6 is 11.3 Å². The second kappa shape index (κ2) is 5.99. The van der Waals surface area contributed by atoms with Crippen LogP contribution in [0.4, 0.5) is 0 Å². The van der Waals surface area contributed by atoms with Gasteiger partial charge in [-0.15, -0.1) is 11.3 Å². The zero-order valence-electron chi connectivity index (χ0n) is 9.75. The average Bonchev–Trinajstić information content (AvgIpc) is 3.05. The molecule has 3 N–H and O–H groups in total. The molecule has 2 rings (SSSR count). The molecule has 100 valence electrons. The van der Waals surface area contributed by atoms with E-state index < -0.39 is 10.0 Å². The number of aromatic amines is 1. The van der Waals surface area contributed by atoms with Crippen LogP contribution < -0.4 is 4.72 Å². The molecule has 0 bridgehead atoms. The Morgan fingerprint density at radius 1 is 1.53 bits per heavy atom. The van der Waals surface area contributed by atoms with Gasteiger partial charge in [0.1, 0.15) is 11.5 Å². The van der Waals surface area contributed by atoms with Gasteiger partial charge < -0.3 is 5.11 Å². The van der Waals surface area contributed by atoms with E-state index in [0.717, 1.165) is 10.4 Å². The van der Waals surface area contributed by atoms with Crippen molar-refractivity contribution < 1.29 is 13.5 Å². The van der Waals surface area contributed by atoms with E-state index in [2.05, 4.69) is 26.8 Å². The number of nitrogens with zero attached hydrogens (tertiary/aromatic N) is 1. The first-order valence-corrected chi connectivity index (χ1v) is 7.63. The molecule has 0 fully saturated rings. The minimum Gasteiger partial charge on any atom is -0.384 e. The monoisotopic (exact) mass is 297 g/mol. The van der Waals surface area contributed by atoms with Crippen molar-refractivity contribution in [1.82, 2.24) is 14.9 Å². The summed E-state index contributed by atoms with van der Waals surface area (Å²) < 4.78 is 26.1. The first-order valence-electron chi connectivity index (χ1n) is 5.27. The number of aliphatic hydroxyl groups is 1. The number of sulfonamides is 1. The Balaban J connectivity index is 2.01. The van der Waals surface area contributed by atoms with Crippen LogP contribution in [0.3, 0.4) is 0 Å². The molecule has 0 saturated carbocycles. The van der Waals surface area contributed by atoms with Crippen molar-refractivity contribution in [3.8, 4) is 11.8 Å². The summed E-state index contributed by atoms with van der Waals surface area (Å²) in [5, 5.41) is 16.4. The number of aliphatic hydroxyl groups excluding tert-OH is 1. The van der Waals surface area contributed by atoms with Crippen LogP contribution in [0.15, 0.2) is 28.7 Å². The largest absolute Gasteiger partial charge is 0.384 e. The molecule has 0 saturated heterocycles. The zero-order valence-corrected chi connectivity index (χ0v) is 11.4. The molecule has 2 aromatic rings. The fourth-order valence-electron chi connectivity index (χ4n) is 1.32. The molecule has 0 aliphatic heterocycles. The third kappa shape index (κ3) is 3.65. The van der Waals surface area contributed by atoms with Gasteiger partial charge in [-0.2, -0.15) is 5.10 Å². The SMILES string of the molecule is O=S(=O)(NCc1cc(C#CCO)cs1)c1cn[nH]c1. The molecule has 8 heteroatoms. The van der Waals surface area contributed by atoms with Gasteiger partial charge in [0.05, 0.1) is 6.20 Å². The maximum absolute atomic E-state index is 11.8. The molecule has 2 heterocycles. The maximum atomic E-state index is 11.8. The van der Waals surface area contributed by atoms with E-state index in [1.54, 1.807) is 6.07 Å². The third-order valence-corrected chi connectivity index (χ3v) is 4.49. The Kier molecular flexibility index (Phi) is 4.34. The van der Waals surface area contributed by atoms with E-state index in [4.69, 9.17) is 5.11 Å². The average molecular weight is 297 g/mol. The highest BCUT2D eigenvalue weighted by Gasteiger charge is 2.14. The van der Waals surface area contributed by atoms with E-state index in [9.17, 15) is 8.42 Å². The molecule has 0 spiro atoms. The normalized spacial score (nSPS) is 11.0. The molecule has 0 aromatic carbocycles. The van der Waals surface area contributed by atoms with E-state index in [-0.39, 0.29) is 18.0 Å². The van der Waals surface area contributed by atoms with Gasteiger partial charge >= 0.3 is 0 Å². The first-order chi connectivity index (χ1) is 9.12. The molecular formula is C11H11N3O3S2. The molecule has 0 aliphatic carbocycles. The van der Waals surface area contributed by atoms with Gasteiger partial charge in [-0.1, -0.05) is 11.8 Å². The molecule has 2 aromatic heterocycles. The number of rotatable bonds is 4. The summed E-state index contributed by atoms with van der Waals surface area (Å²) in [7, 11) is -3.54. The topological polar surface area (TPSA) is 95.1 Å². The minimum absolute atomic E-state index is 0.101. The minimum atomic E-state index is -3.54. The lowest BCUT2D eigenvalue weighted by Crippen LogP contribution is -2.22. The summed E-state index contributed by atoms with van der Waals surface area (Å²) in [6, 6.07) is 1.78. The van der Waals surface area contributed by atoms with E-state index >= 15 is 0 Å². The maximum Gasteiger partial charge on any atom is 0.244 e. The van der Waals surface area contributed by atoms with Crippen molar-refractivity contribution in [3.05, 3.63) is 34.3 Å². The van der Waals surface area contributed by atoms with E-state index in [1.165, 1.54) is 23.7 Å². The quantitative estimate of drug-likeness (QED) is 0.707. The molecule has 6 nitrogen and oxygen atoms in total. The fraction of sp³-hybridized carbons (Fsp3) is 0.182. The van der Waals surface area contributed by atoms with Crippen LogP contribution in [0.25, 0.3) is 0 Å². The molecule has 19 heavy (non-hydrogen) atoms. The highest BCUT2D eigenvalue weighted by Crippen LogP contribution is 2.14. The smallest absolute Gasteiger partial charge is 0.244 e. The van der Waals surface area contributed by atoms with Gasteiger partial charge in [0, 0.05) is 28.6 Å². The van der Waals surface area contributed by atoms with Crippen LogP contribution in [0, 0.1) is 11.8 Å². The third-order valence-electron chi connectivity index (χ3n) is 2.19. The fourth-order valence-corrected chi connectivity index (χ4v) is 3.07. The van der Waals surface area contributed by atoms with Gasteiger partial charge in [-0.25, -0.2) is 13.1 Å². The van der Waals surface area contributed by atoms with E-state index in [0.29, 0.717) is 0 Å². The van der Waals surface area contributed by atoms with Crippen LogP contribution in [0.1, 0.15) is 10.4 Å². The predicted molar refractivity (Wildman–Crippen MR) is 70.9 cm³/mol. The molecule has 0 atom stereocenters. The zero-order chi connectivity index (χ0) is 13.7. The van der Waals surface area contributed by atoms with Gasteiger partial charge in [0.25, 0.3) is 0 Å². The van der Waals surface area contributed by atoms with Crippen LogP contribution in [-0.2, 0) is 16.6 Å². The second-order valence-corrected chi connectivity index (χ2v) is 6.28. The predicted octanol–water partition coefficient (Wildman–Crippen LogP) is 0.293.